The Bertz CT molecular complexity index is 1070. The van der Waals surface area contributed by atoms with E-state index < -0.39 is 0 Å². The van der Waals surface area contributed by atoms with Crippen molar-refractivity contribution in [1.29, 1.82) is 0 Å². The lowest BCUT2D eigenvalue weighted by Gasteiger charge is -2.26. The molecule has 2 N–H and O–H groups in total. The van der Waals surface area contributed by atoms with E-state index in [1.807, 2.05) is 13.8 Å². The first-order valence-electron chi connectivity index (χ1n) is 12.4. The predicted molar refractivity (Wildman–Crippen MR) is 136 cm³/mol. The molecule has 0 saturated carbocycles. The van der Waals surface area contributed by atoms with E-state index >= 15 is 0 Å². The van der Waals surface area contributed by atoms with Crippen molar-refractivity contribution >= 4 is 29.3 Å². The van der Waals surface area contributed by atoms with Crippen molar-refractivity contribution < 1.29 is 23.6 Å². The van der Waals surface area contributed by atoms with Crippen molar-refractivity contribution in [3.05, 3.63) is 46.3 Å². The second-order valence-corrected chi connectivity index (χ2v) is 10.3. The number of aromatic nitrogens is 1. The fraction of sp³-hybridized carbons (Fsp3) is 0.538. The summed E-state index contributed by atoms with van der Waals surface area (Å²) in [6, 6.07) is 6.18. The number of rotatable bonds is 4. The molecule has 1 aromatic carbocycles. The zero-order valence-electron chi connectivity index (χ0n) is 21.3. The smallest absolute Gasteiger partial charge is 0.292 e. The Morgan fingerprint density at radius 1 is 1.19 bits per heavy atom. The molecule has 1 atom stereocenters. The van der Waals surface area contributed by atoms with Gasteiger partial charge in [-0.1, -0.05) is 44.5 Å². The molecule has 1 aliphatic rings. The molecule has 9 nitrogen and oxygen atoms in total. The lowest BCUT2D eigenvalue weighted by molar-refractivity contribution is -0.123. The molecule has 2 heterocycles. The Morgan fingerprint density at radius 2 is 1.97 bits per heavy atom. The van der Waals surface area contributed by atoms with Gasteiger partial charge in [0.1, 0.15) is 12.4 Å². The zero-order valence-corrected chi connectivity index (χ0v) is 22.1. The fourth-order valence-corrected chi connectivity index (χ4v) is 4.04. The summed E-state index contributed by atoms with van der Waals surface area (Å²) in [5.74, 6) is -0.0544. The fourth-order valence-electron chi connectivity index (χ4n) is 3.87. The van der Waals surface area contributed by atoms with Crippen LogP contribution >= 0.6 is 11.6 Å². The van der Waals surface area contributed by atoms with Crippen LogP contribution in [0.1, 0.15) is 67.1 Å². The third-order valence-corrected chi connectivity index (χ3v) is 6.14. The molecule has 10 heteroatoms. The highest BCUT2D eigenvalue weighted by molar-refractivity contribution is 6.31. The summed E-state index contributed by atoms with van der Waals surface area (Å²) in [4.78, 5) is 40.4. The first-order valence-corrected chi connectivity index (χ1v) is 12.8. The van der Waals surface area contributed by atoms with Gasteiger partial charge in [0, 0.05) is 24.2 Å². The van der Waals surface area contributed by atoms with Gasteiger partial charge in [0.2, 0.25) is 11.7 Å². The molecule has 0 spiro atoms. The van der Waals surface area contributed by atoms with Crippen molar-refractivity contribution in [2.45, 2.75) is 53.0 Å². The van der Waals surface area contributed by atoms with E-state index in [1.54, 1.807) is 24.3 Å². The molecule has 0 saturated heterocycles. The highest BCUT2D eigenvalue weighted by Crippen LogP contribution is 2.24. The lowest BCUT2D eigenvalue weighted by Crippen LogP contribution is -2.48. The van der Waals surface area contributed by atoms with E-state index in [-0.39, 0.29) is 48.6 Å². The van der Waals surface area contributed by atoms with E-state index in [0.717, 1.165) is 0 Å². The van der Waals surface area contributed by atoms with Crippen LogP contribution in [0.2, 0.25) is 5.02 Å². The first kappa shape index (κ1) is 27.5. The molecule has 196 valence electrons. The van der Waals surface area contributed by atoms with Crippen LogP contribution in [0.3, 0.4) is 0 Å². The standard InChI is InChI=1S/C26H35ClN4O5/c1-16(2)11-19-13-23(36-30-19)26(34)31-10-6-5-9-28-25(33)20-12-18(27)7-8-22(20)35-15-21(17(3)4)29-24(32)14-31/h7-8,12-13,16-17,21H,5-6,9-11,14-15H2,1-4H3,(H,28,33)(H,29,32)/t21-/m0/s1. The lowest BCUT2D eigenvalue weighted by atomic mass is 10.1. The maximum Gasteiger partial charge on any atom is 0.292 e. The molecule has 0 fully saturated rings. The normalized spacial score (nSPS) is 18.1. The minimum absolute atomic E-state index is 0.0474. The molecular weight excluding hydrogens is 484 g/mol. The predicted octanol–water partition coefficient (Wildman–Crippen LogP) is 3.71. The van der Waals surface area contributed by atoms with Crippen LogP contribution in [-0.4, -0.2) is 60.1 Å². The van der Waals surface area contributed by atoms with E-state index in [1.165, 1.54) is 4.90 Å². The highest BCUT2D eigenvalue weighted by Gasteiger charge is 2.26. The number of nitrogens with one attached hydrogen (secondary N) is 2. The summed E-state index contributed by atoms with van der Waals surface area (Å²) in [5, 5.41) is 10.3. The number of carbonyl (C=O) groups is 3. The maximum absolute atomic E-state index is 13.2. The van der Waals surface area contributed by atoms with Gasteiger partial charge in [0.05, 0.1) is 23.8 Å². The number of amides is 3. The van der Waals surface area contributed by atoms with Gasteiger partial charge < -0.3 is 24.8 Å². The number of halogens is 1. The average Bonchev–Trinajstić information content (AvgIpc) is 3.27. The zero-order chi connectivity index (χ0) is 26.2. The summed E-state index contributed by atoms with van der Waals surface area (Å²) in [5.41, 5.74) is 1.04. The van der Waals surface area contributed by atoms with Crippen LogP contribution in [0.5, 0.6) is 5.75 Å². The van der Waals surface area contributed by atoms with Crippen molar-refractivity contribution in [3.8, 4) is 5.75 Å². The van der Waals surface area contributed by atoms with Gasteiger partial charge in [-0.3, -0.25) is 14.4 Å². The van der Waals surface area contributed by atoms with Gasteiger partial charge in [-0.05, 0) is 49.3 Å². The molecule has 3 rings (SSSR count). The van der Waals surface area contributed by atoms with Gasteiger partial charge in [0.25, 0.3) is 11.8 Å². The maximum atomic E-state index is 13.2. The summed E-state index contributed by atoms with van der Waals surface area (Å²) in [7, 11) is 0. The number of nitrogens with zero attached hydrogens (tertiary/aromatic N) is 2. The first-order chi connectivity index (χ1) is 17.1. The van der Waals surface area contributed by atoms with Crippen LogP contribution in [0.4, 0.5) is 0 Å². The van der Waals surface area contributed by atoms with Gasteiger partial charge in [-0.25, -0.2) is 0 Å². The van der Waals surface area contributed by atoms with Gasteiger partial charge in [-0.15, -0.1) is 0 Å². The van der Waals surface area contributed by atoms with Gasteiger partial charge in [-0.2, -0.15) is 0 Å². The molecule has 36 heavy (non-hydrogen) atoms. The molecule has 0 aliphatic carbocycles. The second-order valence-electron chi connectivity index (χ2n) is 9.84. The molecule has 1 aromatic heterocycles. The Balaban J connectivity index is 1.79. The average molecular weight is 519 g/mol. The molecule has 0 radical (unpaired) electrons. The monoisotopic (exact) mass is 518 g/mol. The van der Waals surface area contributed by atoms with E-state index in [4.69, 9.17) is 20.9 Å². The van der Waals surface area contributed by atoms with E-state index in [0.29, 0.717) is 60.3 Å². The van der Waals surface area contributed by atoms with E-state index in [2.05, 4.69) is 29.6 Å². The Kier molecular flexibility index (Phi) is 9.75. The Labute approximate surface area is 216 Å². The van der Waals surface area contributed by atoms with Crippen molar-refractivity contribution in [2.75, 3.05) is 26.2 Å². The molecule has 0 bridgehead atoms. The Hall–Kier alpha value is -3.07. The number of carbonyl (C=O) groups excluding carboxylic acids is 3. The minimum atomic E-state index is -0.389. The Morgan fingerprint density at radius 3 is 2.69 bits per heavy atom. The third-order valence-electron chi connectivity index (χ3n) is 5.90. The number of fused-ring (bicyclic) bond motifs is 1. The summed E-state index contributed by atoms with van der Waals surface area (Å²) in [6.07, 6.45) is 1.89. The van der Waals surface area contributed by atoms with Crippen molar-refractivity contribution in [3.63, 3.8) is 0 Å². The molecular formula is C26H35ClN4O5. The SMILES string of the molecule is CC(C)Cc1cc(C(=O)N2CCCCNC(=O)c3cc(Cl)ccc3OC[C@@H](C(C)C)NC(=O)C2)on1. The van der Waals surface area contributed by atoms with E-state index in [9.17, 15) is 14.4 Å². The number of hydrogen-bond donors (Lipinski definition) is 2. The summed E-state index contributed by atoms with van der Waals surface area (Å²) in [6.45, 7) is 8.80. The van der Waals surface area contributed by atoms with Crippen LogP contribution in [0.15, 0.2) is 28.8 Å². The summed E-state index contributed by atoms with van der Waals surface area (Å²) >= 11 is 6.12. The number of ether oxygens (including phenoxy) is 1. The minimum Gasteiger partial charge on any atom is -0.491 e. The van der Waals surface area contributed by atoms with Gasteiger partial charge in [0.15, 0.2) is 0 Å². The molecule has 2 aromatic rings. The topological polar surface area (TPSA) is 114 Å². The van der Waals surface area contributed by atoms with Crippen molar-refractivity contribution in [2.24, 2.45) is 11.8 Å². The number of hydrogen-bond acceptors (Lipinski definition) is 6. The second kappa shape index (κ2) is 12.8. The quantitative estimate of drug-likeness (QED) is 0.637. The van der Waals surface area contributed by atoms with Crippen LogP contribution < -0.4 is 15.4 Å². The van der Waals surface area contributed by atoms with Crippen LogP contribution in [0.25, 0.3) is 0 Å². The van der Waals surface area contributed by atoms with Crippen LogP contribution in [0, 0.1) is 11.8 Å². The molecule has 3 amide bonds. The van der Waals surface area contributed by atoms with Gasteiger partial charge >= 0.3 is 0 Å². The van der Waals surface area contributed by atoms with Crippen LogP contribution in [-0.2, 0) is 11.2 Å². The van der Waals surface area contributed by atoms with Crippen molar-refractivity contribution in [1.82, 2.24) is 20.7 Å². The summed E-state index contributed by atoms with van der Waals surface area (Å²) < 4.78 is 11.3. The number of benzene rings is 1. The third kappa shape index (κ3) is 7.71. The molecule has 1 aliphatic heterocycles. The molecule has 0 unspecified atom stereocenters. The largest absolute Gasteiger partial charge is 0.491 e. The highest BCUT2D eigenvalue weighted by atomic mass is 35.5.